The second-order valence-electron chi connectivity index (χ2n) is 4.57. The Kier molecular flexibility index (Phi) is 3.29. The maximum atomic E-state index is 4.39. The number of aryl methyl sites for hydroxylation is 1. The maximum Gasteiger partial charge on any atom is 0.140 e. The lowest BCUT2D eigenvalue weighted by Gasteiger charge is -2.15. The molecule has 0 saturated heterocycles. The van der Waals surface area contributed by atoms with Crippen LogP contribution in [0.5, 0.6) is 0 Å². The molecule has 1 aliphatic carbocycles. The van der Waals surface area contributed by atoms with Crippen molar-refractivity contribution in [2.75, 3.05) is 5.32 Å². The average molecular weight is 269 g/mol. The third kappa shape index (κ3) is 3.20. The third-order valence-corrected chi connectivity index (χ3v) is 3.35. The van der Waals surface area contributed by atoms with Gasteiger partial charge in [0.15, 0.2) is 0 Å². The average Bonchev–Trinajstić information content (AvgIpc) is 2.94. The first-order valence-electron chi connectivity index (χ1n) is 5.54. The lowest BCUT2D eigenvalue weighted by Crippen LogP contribution is -2.17. The summed E-state index contributed by atoms with van der Waals surface area (Å²) in [5.41, 5.74) is 1.18. The molecule has 0 amide bonds. The van der Waals surface area contributed by atoms with Gasteiger partial charge in [-0.3, -0.25) is 0 Å². The lowest BCUT2D eigenvalue weighted by atomic mass is 10.1. The van der Waals surface area contributed by atoms with Crippen LogP contribution in [-0.4, -0.2) is 11.0 Å². The first-order valence-corrected chi connectivity index (χ1v) is 6.33. The number of halogens is 1. The minimum atomic E-state index is 0.518. The van der Waals surface area contributed by atoms with Crippen molar-refractivity contribution in [3.63, 3.8) is 0 Å². The highest BCUT2D eigenvalue weighted by Crippen LogP contribution is 2.34. The van der Waals surface area contributed by atoms with Gasteiger partial charge in [0.1, 0.15) is 5.82 Å². The van der Waals surface area contributed by atoms with Crippen molar-refractivity contribution in [1.82, 2.24) is 4.98 Å². The topological polar surface area (TPSA) is 24.9 Å². The number of hydrogen-bond acceptors (Lipinski definition) is 2. The summed E-state index contributed by atoms with van der Waals surface area (Å²) in [6, 6.07) is 2.61. The lowest BCUT2D eigenvalue weighted by molar-refractivity contribution is 0.639. The van der Waals surface area contributed by atoms with Crippen LogP contribution in [0.2, 0.25) is 0 Å². The molecule has 1 aliphatic rings. The Morgan fingerprint density at radius 2 is 2.33 bits per heavy atom. The van der Waals surface area contributed by atoms with Crippen LogP contribution in [0.1, 0.15) is 31.7 Å². The van der Waals surface area contributed by atoms with Crippen molar-refractivity contribution in [3.8, 4) is 0 Å². The summed E-state index contributed by atoms with van der Waals surface area (Å²) in [6.07, 6.45) is 5.99. The van der Waals surface area contributed by atoms with Gasteiger partial charge >= 0.3 is 0 Å². The van der Waals surface area contributed by atoms with Gasteiger partial charge < -0.3 is 5.32 Å². The molecule has 1 unspecified atom stereocenters. The van der Waals surface area contributed by atoms with Crippen LogP contribution in [-0.2, 0) is 0 Å². The minimum Gasteiger partial charge on any atom is -0.367 e. The zero-order chi connectivity index (χ0) is 10.8. The molecule has 1 fully saturated rings. The standard InChI is InChI=1S/C12H17BrN2/c1-8-5-11(13)12(14-7-8)15-9(2)6-10-3-4-10/h5,7,9-10H,3-4,6H2,1-2H3,(H,14,15). The number of pyridine rings is 1. The van der Waals surface area contributed by atoms with E-state index in [1.165, 1.54) is 24.8 Å². The monoisotopic (exact) mass is 268 g/mol. The Bertz CT molecular complexity index is 347. The molecular weight excluding hydrogens is 252 g/mol. The van der Waals surface area contributed by atoms with E-state index >= 15 is 0 Å². The first kappa shape index (κ1) is 10.9. The number of hydrogen-bond donors (Lipinski definition) is 1. The molecule has 1 aromatic heterocycles. The molecule has 2 rings (SSSR count). The zero-order valence-electron chi connectivity index (χ0n) is 9.26. The fourth-order valence-corrected chi connectivity index (χ4v) is 2.36. The van der Waals surface area contributed by atoms with E-state index in [4.69, 9.17) is 0 Å². The van der Waals surface area contributed by atoms with Gasteiger partial charge in [-0.25, -0.2) is 4.98 Å². The predicted octanol–water partition coefficient (Wildman–Crippen LogP) is 3.75. The fourth-order valence-electron chi connectivity index (χ4n) is 1.79. The molecule has 82 valence electrons. The highest BCUT2D eigenvalue weighted by atomic mass is 79.9. The summed E-state index contributed by atoms with van der Waals surface area (Å²) < 4.78 is 1.06. The summed E-state index contributed by atoms with van der Waals surface area (Å²) in [5, 5.41) is 3.45. The van der Waals surface area contributed by atoms with Gasteiger partial charge in [0.25, 0.3) is 0 Å². The van der Waals surface area contributed by atoms with E-state index in [9.17, 15) is 0 Å². The van der Waals surface area contributed by atoms with E-state index in [2.05, 4.69) is 46.1 Å². The van der Waals surface area contributed by atoms with Gasteiger partial charge in [-0.15, -0.1) is 0 Å². The van der Waals surface area contributed by atoms with E-state index in [0.717, 1.165) is 16.2 Å². The Hall–Kier alpha value is -0.570. The van der Waals surface area contributed by atoms with Crippen LogP contribution < -0.4 is 5.32 Å². The Labute approximate surface area is 99.6 Å². The molecule has 1 N–H and O–H groups in total. The van der Waals surface area contributed by atoms with E-state index in [-0.39, 0.29) is 0 Å². The minimum absolute atomic E-state index is 0.518. The summed E-state index contributed by atoms with van der Waals surface area (Å²) in [7, 11) is 0. The molecule has 3 heteroatoms. The quantitative estimate of drug-likeness (QED) is 0.900. The van der Waals surface area contributed by atoms with Crippen LogP contribution in [0.25, 0.3) is 0 Å². The third-order valence-electron chi connectivity index (χ3n) is 2.74. The normalized spacial score (nSPS) is 17.5. The van der Waals surface area contributed by atoms with Gasteiger partial charge in [-0.2, -0.15) is 0 Å². The largest absolute Gasteiger partial charge is 0.367 e. The van der Waals surface area contributed by atoms with Gasteiger partial charge in [0.05, 0.1) is 4.47 Å². The summed E-state index contributed by atoms with van der Waals surface area (Å²) in [5.74, 6) is 1.92. The predicted molar refractivity (Wildman–Crippen MR) is 67.1 cm³/mol. The van der Waals surface area contributed by atoms with Gasteiger partial charge in [0.2, 0.25) is 0 Å². The van der Waals surface area contributed by atoms with Crippen LogP contribution in [0.3, 0.4) is 0 Å². The van der Waals surface area contributed by atoms with Crippen molar-refractivity contribution in [2.45, 2.75) is 39.2 Å². The first-order chi connectivity index (χ1) is 7.15. The van der Waals surface area contributed by atoms with Crippen molar-refractivity contribution < 1.29 is 0 Å². The van der Waals surface area contributed by atoms with Crippen LogP contribution in [0.4, 0.5) is 5.82 Å². The SMILES string of the molecule is Cc1cnc(NC(C)CC2CC2)c(Br)c1. The van der Waals surface area contributed by atoms with Crippen molar-refractivity contribution >= 4 is 21.7 Å². The van der Waals surface area contributed by atoms with E-state index in [1.807, 2.05) is 6.20 Å². The molecule has 2 nitrogen and oxygen atoms in total. The van der Waals surface area contributed by atoms with Gasteiger partial charge in [0, 0.05) is 12.2 Å². The fraction of sp³-hybridized carbons (Fsp3) is 0.583. The molecule has 15 heavy (non-hydrogen) atoms. The maximum absolute atomic E-state index is 4.39. The zero-order valence-corrected chi connectivity index (χ0v) is 10.8. The van der Waals surface area contributed by atoms with Crippen molar-refractivity contribution in [3.05, 3.63) is 22.3 Å². The van der Waals surface area contributed by atoms with Crippen LogP contribution in [0.15, 0.2) is 16.7 Å². The number of nitrogens with zero attached hydrogens (tertiary/aromatic N) is 1. The number of rotatable bonds is 4. The van der Waals surface area contributed by atoms with E-state index in [0.29, 0.717) is 6.04 Å². The van der Waals surface area contributed by atoms with Crippen LogP contribution in [0, 0.1) is 12.8 Å². The van der Waals surface area contributed by atoms with E-state index < -0.39 is 0 Å². The molecule has 1 saturated carbocycles. The summed E-state index contributed by atoms with van der Waals surface area (Å²) in [4.78, 5) is 4.39. The number of nitrogens with one attached hydrogen (secondary N) is 1. The summed E-state index contributed by atoms with van der Waals surface area (Å²) >= 11 is 3.53. The Balaban J connectivity index is 1.96. The highest BCUT2D eigenvalue weighted by molar-refractivity contribution is 9.10. The highest BCUT2D eigenvalue weighted by Gasteiger charge is 2.23. The Morgan fingerprint density at radius 3 is 2.93 bits per heavy atom. The molecule has 0 spiro atoms. The molecule has 1 heterocycles. The van der Waals surface area contributed by atoms with Gasteiger partial charge in [-0.05, 0) is 53.7 Å². The second-order valence-corrected chi connectivity index (χ2v) is 5.42. The molecule has 0 aromatic carbocycles. The summed E-state index contributed by atoms with van der Waals surface area (Å²) in [6.45, 7) is 4.28. The number of anilines is 1. The number of aromatic nitrogens is 1. The van der Waals surface area contributed by atoms with Gasteiger partial charge in [-0.1, -0.05) is 12.8 Å². The Morgan fingerprint density at radius 1 is 1.60 bits per heavy atom. The molecule has 0 radical (unpaired) electrons. The molecule has 0 bridgehead atoms. The smallest absolute Gasteiger partial charge is 0.140 e. The van der Waals surface area contributed by atoms with Crippen LogP contribution >= 0.6 is 15.9 Å². The molecular formula is C12H17BrN2. The second kappa shape index (κ2) is 4.52. The van der Waals surface area contributed by atoms with Crippen molar-refractivity contribution in [1.29, 1.82) is 0 Å². The van der Waals surface area contributed by atoms with Crippen molar-refractivity contribution in [2.24, 2.45) is 5.92 Å². The molecule has 1 aromatic rings. The van der Waals surface area contributed by atoms with E-state index in [1.54, 1.807) is 0 Å². The molecule has 1 atom stereocenters. The molecule has 0 aliphatic heterocycles.